The fourth-order valence-electron chi connectivity index (χ4n) is 1.42. The first kappa shape index (κ1) is 13.0. The van der Waals surface area contributed by atoms with Crippen LogP contribution >= 0.6 is 38.9 Å². The van der Waals surface area contributed by atoms with Gasteiger partial charge in [-0.1, -0.05) is 23.7 Å². The lowest BCUT2D eigenvalue weighted by atomic mass is 10.1. The molecule has 2 nitrogen and oxygen atoms in total. The summed E-state index contributed by atoms with van der Waals surface area (Å²) >= 11 is 10.1. The largest absolute Gasteiger partial charge is 0.386 e. The predicted molar refractivity (Wildman–Crippen MR) is 69.9 cm³/mol. The van der Waals surface area contributed by atoms with Crippen LogP contribution in [-0.4, -0.2) is 10.1 Å². The Balaban J connectivity index is 2.18. The summed E-state index contributed by atoms with van der Waals surface area (Å²) in [6, 6.07) is 4.72. The van der Waals surface area contributed by atoms with Crippen LogP contribution in [0.25, 0.3) is 0 Å². The molecule has 0 aliphatic rings. The van der Waals surface area contributed by atoms with Crippen molar-refractivity contribution in [2.45, 2.75) is 12.5 Å². The van der Waals surface area contributed by atoms with Crippen LogP contribution in [0.4, 0.5) is 4.39 Å². The Labute approximate surface area is 115 Å². The minimum Gasteiger partial charge on any atom is -0.386 e. The number of thiazole rings is 1. The van der Waals surface area contributed by atoms with Gasteiger partial charge in [-0.15, -0.1) is 11.3 Å². The molecule has 0 radical (unpaired) electrons. The molecule has 2 rings (SSSR count). The average molecular weight is 337 g/mol. The van der Waals surface area contributed by atoms with E-state index in [1.54, 1.807) is 12.1 Å². The molecular weight excluding hydrogens is 329 g/mol. The summed E-state index contributed by atoms with van der Waals surface area (Å²) < 4.78 is 14.2. The van der Waals surface area contributed by atoms with Crippen LogP contribution in [0, 0.1) is 5.82 Å². The second kappa shape index (κ2) is 5.44. The van der Waals surface area contributed by atoms with E-state index in [-0.39, 0.29) is 5.82 Å². The SMILES string of the molecule is OC(Cc1cccc(F)c1Br)c1ncc(Cl)s1. The minimum atomic E-state index is -0.773. The van der Waals surface area contributed by atoms with Crippen molar-refractivity contribution >= 4 is 38.9 Å². The van der Waals surface area contributed by atoms with Crippen LogP contribution in [0.5, 0.6) is 0 Å². The maximum atomic E-state index is 13.3. The lowest BCUT2D eigenvalue weighted by molar-refractivity contribution is 0.177. The van der Waals surface area contributed by atoms with Gasteiger partial charge in [-0.3, -0.25) is 0 Å². The highest BCUT2D eigenvalue weighted by molar-refractivity contribution is 9.10. The number of benzene rings is 1. The summed E-state index contributed by atoms with van der Waals surface area (Å²) in [6.07, 6.45) is 1.01. The lowest BCUT2D eigenvalue weighted by Gasteiger charge is -2.09. The number of aromatic nitrogens is 1. The minimum absolute atomic E-state index is 0.294. The summed E-state index contributed by atoms with van der Waals surface area (Å²) in [4.78, 5) is 3.99. The molecule has 90 valence electrons. The van der Waals surface area contributed by atoms with Gasteiger partial charge < -0.3 is 5.11 Å². The highest BCUT2D eigenvalue weighted by Gasteiger charge is 2.15. The molecule has 1 aromatic heterocycles. The standard InChI is InChI=1S/C11H8BrClFNOS/c12-10-6(2-1-3-7(10)14)4-8(16)11-15-5-9(13)17-11/h1-3,5,8,16H,4H2. The number of hydrogen-bond donors (Lipinski definition) is 1. The van der Waals surface area contributed by atoms with Crippen molar-refractivity contribution in [3.63, 3.8) is 0 Å². The van der Waals surface area contributed by atoms with Gasteiger partial charge >= 0.3 is 0 Å². The number of aliphatic hydroxyl groups is 1. The zero-order valence-electron chi connectivity index (χ0n) is 8.53. The van der Waals surface area contributed by atoms with Gasteiger partial charge in [-0.25, -0.2) is 9.37 Å². The van der Waals surface area contributed by atoms with Gasteiger partial charge in [-0.05, 0) is 27.6 Å². The zero-order valence-corrected chi connectivity index (χ0v) is 11.7. The second-order valence-electron chi connectivity index (χ2n) is 3.44. The van der Waals surface area contributed by atoms with E-state index in [0.29, 0.717) is 25.8 Å². The molecule has 0 bridgehead atoms. The maximum Gasteiger partial charge on any atom is 0.137 e. The molecule has 17 heavy (non-hydrogen) atoms. The smallest absolute Gasteiger partial charge is 0.137 e. The Kier molecular flexibility index (Phi) is 4.14. The fourth-order valence-corrected chi connectivity index (χ4v) is 2.76. The molecule has 0 fully saturated rings. The van der Waals surface area contributed by atoms with Crippen molar-refractivity contribution in [2.75, 3.05) is 0 Å². The van der Waals surface area contributed by atoms with E-state index in [4.69, 9.17) is 11.6 Å². The first-order valence-electron chi connectivity index (χ1n) is 4.80. The van der Waals surface area contributed by atoms with E-state index in [2.05, 4.69) is 20.9 Å². The molecular formula is C11H8BrClFNOS. The molecule has 1 aromatic carbocycles. The normalized spacial score (nSPS) is 12.7. The first-order valence-corrected chi connectivity index (χ1v) is 6.79. The third-order valence-electron chi connectivity index (χ3n) is 2.23. The molecule has 6 heteroatoms. The molecule has 0 saturated heterocycles. The van der Waals surface area contributed by atoms with Crippen LogP contribution < -0.4 is 0 Å². The Morgan fingerprint density at radius 1 is 1.53 bits per heavy atom. The van der Waals surface area contributed by atoms with Crippen LogP contribution in [0.2, 0.25) is 4.34 Å². The fraction of sp³-hybridized carbons (Fsp3) is 0.182. The molecule has 0 saturated carbocycles. The molecule has 0 aliphatic carbocycles. The van der Waals surface area contributed by atoms with Gasteiger partial charge in [0.25, 0.3) is 0 Å². The van der Waals surface area contributed by atoms with Gasteiger partial charge in [-0.2, -0.15) is 0 Å². The molecule has 0 aliphatic heterocycles. The Morgan fingerprint density at radius 3 is 2.94 bits per heavy atom. The van der Waals surface area contributed by atoms with Gasteiger partial charge in [0.1, 0.15) is 21.3 Å². The topological polar surface area (TPSA) is 33.1 Å². The van der Waals surface area contributed by atoms with Crippen molar-refractivity contribution in [3.05, 3.63) is 49.6 Å². The number of rotatable bonds is 3. The average Bonchev–Trinajstić information content (AvgIpc) is 2.72. The van der Waals surface area contributed by atoms with Gasteiger partial charge in [0.2, 0.25) is 0 Å². The van der Waals surface area contributed by atoms with Crippen molar-refractivity contribution in [1.82, 2.24) is 4.98 Å². The Bertz CT molecular complexity index is 534. The van der Waals surface area contributed by atoms with E-state index in [9.17, 15) is 9.50 Å². The van der Waals surface area contributed by atoms with E-state index in [1.165, 1.54) is 23.6 Å². The maximum absolute atomic E-state index is 13.3. The highest BCUT2D eigenvalue weighted by atomic mass is 79.9. The van der Waals surface area contributed by atoms with Gasteiger partial charge in [0.15, 0.2) is 0 Å². The quantitative estimate of drug-likeness (QED) is 0.920. The molecule has 1 N–H and O–H groups in total. The monoisotopic (exact) mass is 335 g/mol. The third-order valence-corrected chi connectivity index (χ3v) is 4.33. The van der Waals surface area contributed by atoms with Gasteiger partial charge in [0.05, 0.1) is 10.7 Å². The summed E-state index contributed by atoms with van der Waals surface area (Å²) in [7, 11) is 0. The number of nitrogens with zero attached hydrogens (tertiary/aromatic N) is 1. The van der Waals surface area contributed by atoms with Gasteiger partial charge in [0, 0.05) is 6.42 Å². The third kappa shape index (κ3) is 3.04. The number of halogens is 3. The van der Waals surface area contributed by atoms with Crippen LogP contribution in [0.1, 0.15) is 16.7 Å². The Hall–Kier alpha value is -0.490. The van der Waals surface area contributed by atoms with Crippen molar-refractivity contribution in [3.8, 4) is 0 Å². The number of aliphatic hydroxyl groups excluding tert-OH is 1. The zero-order chi connectivity index (χ0) is 12.4. The lowest BCUT2D eigenvalue weighted by Crippen LogP contribution is -2.02. The van der Waals surface area contributed by atoms with E-state index >= 15 is 0 Å². The van der Waals surface area contributed by atoms with E-state index < -0.39 is 6.10 Å². The molecule has 0 spiro atoms. The van der Waals surface area contributed by atoms with Crippen LogP contribution in [-0.2, 0) is 6.42 Å². The molecule has 2 aromatic rings. The highest BCUT2D eigenvalue weighted by Crippen LogP contribution is 2.29. The Morgan fingerprint density at radius 2 is 2.29 bits per heavy atom. The summed E-state index contributed by atoms with van der Waals surface area (Å²) in [5.41, 5.74) is 0.698. The summed E-state index contributed by atoms with van der Waals surface area (Å²) in [5, 5.41) is 10.5. The van der Waals surface area contributed by atoms with Crippen molar-refractivity contribution in [2.24, 2.45) is 0 Å². The molecule has 1 unspecified atom stereocenters. The van der Waals surface area contributed by atoms with E-state index in [1.807, 2.05) is 0 Å². The van der Waals surface area contributed by atoms with E-state index in [0.717, 1.165) is 0 Å². The molecule has 1 heterocycles. The predicted octanol–water partition coefficient (Wildman–Crippen LogP) is 3.97. The van der Waals surface area contributed by atoms with Crippen LogP contribution in [0.3, 0.4) is 0 Å². The van der Waals surface area contributed by atoms with Crippen molar-refractivity contribution < 1.29 is 9.50 Å². The summed E-state index contributed by atoms with van der Waals surface area (Å²) in [6.45, 7) is 0. The second-order valence-corrected chi connectivity index (χ2v) is 5.92. The molecule has 1 atom stereocenters. The van der Waals surface area contributed by atoms with Crippen LogP contribution in [0.15, 0.2) is 28.9 Å². The molecule has 0 amide bonds. The van der Waals surface area contributed by atoms with Crippen molar-refractivity contribution in [1.29, 1.82) is 0 Å². The summed E-state index contributed by atoms with van der Waals surface area (Å²) in [5.74, 6) is -0.341. The number of hydrogen-bond acceptors (Lipinski definition) is 3. The first-order chi connectivity index (χ1) is 8.08.